The molecule has 3 rings (SSSR count). The summed E-state index contributed by atoms with van der Waals surface area (Å²) < 4.78 is 29.6. The van der Waals surface area contributed by atoms with E-state index < -0.39 is 12.3 Å². The molecule has 0 bridgehead atoms. The maximum Gasteiger partial charge on any atom is 0.315 e. The smallest absolute Gasteiger partial charge is 0.315 e. The van der Waals surface area contributed by atoms with Crippen LogP contribution in [0.1, 0.15) is 56.1 Å². The van der Waals surface area contributed by atoms with Crippen LogP contribution in [0.3, 0.4) is 0 Å². The van der Waals surface area contributed by atoms with Gasteiger partial charge in [-0.25, -0.2) is 0 Å². The molecule has 0 spiro atoms. The summed E-state index contributed by atoms with van der Waals surface area (Å²) in [6.45, 7) is 3.83. The molecule has 0 N–H and O–H groups in total. The van der Waals surface area contributed by atoms with Crippen LogP contribution >= 0.6 is 0 Å². The number of aryl methyl sites for hydroxylation is 1. The van der Waals surface area contributed by atoms with E-state index in [1.54, 1.807) is 6.07 Å². The van der Waals surface area contributed by atoms with Crippen LogP contribution in [0.5, 0.6) is 0 Å². The zero-order valence-electron chi connectivity index (χ0n) is 13.1. The van der Waals surface area contributed by atoms with Crippen molar-refractivity contribution in [2.24, 2.45) is 5.92 Å². The van der Waals surface area contributed by atoms with Crippen molar-refractivity contribution in [2.45, 2.75) is 45.5 Å². The lowest BCUT2D eigenvalue weighted by atomic mass is 9.91. The Morgan fingerprint density at radius 2 is 2.17 bits per heavy atom. The van der Waals surface area contributed by atoms with Crippen molar-refractivity contribution in [3.8, 4) is 11.4 Å². The minimum absolute atomic E-state index is 0.0467. The van der Waals surface area contributed by atoms with Gasteiger partial charge in [-0.1, -0.05) is 31.1 Å². The van der Waals surface area contributed by atoms with E-state index in [4.69, 9.17) is 0 Å². The molecule has 2 aromatic rings. The number of ketones is 1. The Balaban J connectivity index is 1.82. The summed E-state index contributed by atoms with van der Waals surface area (Å²) in [6.07, 6.45) is -0.399. The zero-order chi connectivity index (χ0) is 16.6. The average Bonchev–Trinajstić information content (AvgIpc) is 3.14. The van der Waals surface area contributed by atoms with Gasteiger partial charge in [-0.3, -0.25) is 4.79 Å². The van der Waals surface area contributed by atoms with E-state index in [9.17, 15) is 13.6 Å². The van der Waals surface area contributed by atoms with Gasteiger partial charge in [-0.15, -0.1) is 0 Å². The van der Waals surface area contributed by atoms with Gasteiger partial charge in [0.1, 0.15) is 5.78 Å². The van der Waals surface area contributed by atoms with Crippen molar-refractivity contribution in [2.75, 3.05) is 0 Å². The van der Waals surface area contributed by atoms with Crippen LogP contribution in [0.25, 0.3) is 11.4 Å². The topological polar surface area (TPSA) is 56.0 Å². The summed E-state index contributed by atoms with van der Waals surface area (Å²) >= 11 is 0. The Kier molecular flexibility index (Phi) is 4.24. The summed E-state index contributed by atoms with van der Waals surface area (Å²) in [5, 5.41) is 3.60. The van der Waals surface area contributed by atoms with Crippen LogP contribution in [0.15, 0.2) is 22.7 Å². The number of hydrogen-bond donors (Lipinski definition) is 0. The molecule has 0 aliphatic heterocycles. The molecular weight excluding hydrogens is 302 g/mol. The first-order valence-corrected chi connectivity index (χ1v) is 7.73. The van der Waals surface area contributed by atoms with Crippen LogP contribution in [-0.2, 0) is 11.2 Å². The molecule has 23 heavy (non-hydrogen) atoms. The first-order chi connectivity index (χ1) is 11.0. The van der Waals surface area contributed by atoms with Gasteiger partial charge in [0.2, 0.25) is 5.82 Å². The summed E-state index contributed by atoms with van der Waals surface area (Å²) in [4.78, 5) is 15.7. The number of benzene rings is 1. The highest BCUT2D eigenvalue weighted by atomic mass is 19.3. The van der Waals surface area contributed by atoms with Gasteiger partial charge >= 0.3 is 6.43 Å². The molecule has 0 saturated carbocycles. The SMILES string of the molecule is CC(C)C(=O)C[C@@H]1CCc2cc(-c3noc(C(F)F)n3)ccc21. The van der Waals surface area contributed by atoms with E-state index in [0.717, 1.165) is 18.4 Å². The fourth-order valence-corrected chi connectivity index (χ4v) is 2.98. The fraction of sp³-hybridized carbons (Fsp3) is 0.471. The van der Waals surface area contributed by atoms with Gasteiger partial charge in [-0.05, 0) is 36.0 Å². The molecule has 0 amide bonds. The molecule has 1 aromatic heterocycles. The number of alkyl halides is 2. The summed E-state index contributed by atoms with van der Waals surface area (Å²) in [5.74, 6) is 0.0682. The first-order valence-electron chi connectivity index (χ1n) is 7.73. The highest BCUT2D eigenvalue weighted by molar-refractivity contribution is 5.81. The normalized spacial score (nSPS) is 17.0. The predicted molar refractivity (Wildman–Crippen MR) is 80.2 cm³/mol. The van der Waals surface area contributed by atoms with E-state index in [1.807, 2.05) is 26.0 Å². The summed E-state index contributed by atoms with van der Waals surface area (Å²) in [6, 6.07) is 5.67. The van der Waals surface area contributed by atoms with Gasteiger partial charge in [0.05, 0.1) is 0 Å². The Morgan fingerprint density at radius 3 is 2.83 bits per heavy atom. The molecule has 1 aliphatic carbocycles. The summed E-state index contributed by atoms with van der Waals surface area (Å²) in [5.41, 5.74) is 2.96. The third kappa shape index (κ3) is 3.16. The van der Waals surface area contributed by atoms with Crippen LogP contribution in [0.2, 0.25) is 0 Å². The number of fused-ring (bicyclic) bond motifs is 1. The monoisotopic (exact) mass is 320 g/mol. The highest BCUT2D eigenvalue weighted by Crippen LogP contribution is 2.38. The van der Waals surface area contributed by atoms with Crippen molar-refractivity contribution in [1.29, 1.82) is 0 Å². The molecule has 1 atom stereocenters. The lowest BCUT2D eigenvalue weighted by molar-refractivity contribution is -0.122. The third-order valence-electron chi connectivity index (χ3n) is 4.32. The average molecular weight is 320 g/mol. The number of rotatable bonds is 5. The van der Waals surface area contributed by atoms with Crippen LogP contribution in [0, 0.1) is 5.92 Å². The number of hydrogen-bond acceptors (Lipinski definition) is 4. The summed E-state index contributed by atoms with van der Waals surface area (Å²) in [7, 11) is 0. The standard InChI is InChI=1S/C17H18F2N2O2/c1-9(2)14(22)8-11-4-3-10-7-12(5-6-13(10)11)16-20-17(15(18)19)23-21-16/h5-7,9,11,15H,3-4,8H2,1-2H3/t11-/m0/s1. The molecule has 1 aromatic carbocycles. The predicted octanol–water partition coefficient (Wildman–Crippen LogP) is 4.32. The molecule has 6 heteroatoms. The minimum Gasteiger partial charge on any atom is -0.333 e. The highest BCUT2D eigenvalue weighted by Gasteiger charge is 2.26. The van der Waals surface area contributed by atoms with E-state index >= 15 is 0 Å². The van der Waals surface area contributed by atoms with E-state index in [1.165, 1.54) is 5.56 Å². The Bertz CT molecular complexity index is 725. The van der Waals surface area contributed by atoms with Crippen LogP contribution in [0.4, 0.5) is 8.78 Å². The largest absolute Gasteiger partial charge is 0.333 e. The number of nitrogens with zero attached hydrogens (tertiary/aromatic N) is 2. The molecule has 0 fully saturated rings. The van der Waals surface area contributed by atoms with Crippen molar-refractivity contribution in [3.63, 3.8) is 0 Å². The Hall–Kier alpha value is -2.11. The second kappa shape index (κ2) is 6.18. The van der Waals surface area contributed by atoms with Gasteiger partial charge in [0.15, 0.2) is 0 Å². The molecule has 0 saturated heterocycles. The Morgan fingerprint density at radius 1 is 1.39 bits per heavy atom. The lowest BCUT2D eigenvalue weighted by Gasteiger charge is -2.12. The van der Waals surface area contributed by atoms with Crippen LogP contribution < -0.4 is 0 Å². The molecule has 0 radical (unpaired) electrons. The minimum atomic E-state index is -2.77. The van der Waals surface area contributed by atoms with Gasteiger partial charge in [0.25, 0.3) is 5.89 Å². The maximum absolute atomic E-state index is 12.5. The quantitative estimate of drug-likeness (QED) is 0.823. The van der Waals surface area contributed by atoms with Crippen molar-refractivity contribution < 1.29 is 18.1 Å². The molecule has 122 valence electrons. The number of Topliss-reactive ketones (excluding diaryl/α,β-unsaturated/α-hetero) is 1. The number of halogens is 2. The Labute approximate surface area is 132 Å². The molecular formula is C17H18F2N2O2. The second-order valence-corrected chi connectivity index (χ2v) is 6.23. The van der Waals surface area contributed by atoms with Crippen molar-refractivity contribution >= 4 is 5.78 Å². The maximum atomic E-state index is 12.5. The van der Waals surface area contributed by atoms with Gasteiger partial charge in [-0.2, -0.15) is 13.8 Å². The van der Waals surface area contributed by atoms with E-state index in [2.05, 4.69) is 14.7 Å². The molecule has 1 heterocycles. The van der Waals surface area contributed by atoms with Crippen molar-refractivity contribution in [3.05, 3.63) is 35.2 Å². The molecule has 1 aliphatic rings. The van der Waals surface area contributed by atoms with E-state index in [-0.39, 0.29) is 23.4 Å². The van der Waals surface area contributed by atoms with Gasteiger partial charge < -0.3 is 4.52 Å². The second-order valence-electron chi connectivity index (χ2n) is 6.23. The van der Waals surface area contributed by atoms with Crippen molar-refractivity contribution in [1.82, 2.24) is 10.1 Å². The number of carbonyl (C=O) groups is 1. The first kappa shape index (κ1) is 15.8. The molecule has 0 unspecified atom stereocenters. The number of aromatic nitrogens is 2. The van der Waals surface area contributed by atoms with Gasteiger partial charge in [0, 0.05) is 17.9 Å². The molecule has 4 nitrogen and oxygen atoms in total. The fourth-order valence-electron chi connectivity index (χ4n) is 2.98. The third-order valence-corrected chi connectivity index (χ3v) is 4.32. The number of carbonyl (C=O) groups excluding carboxylic acids is 1. The van der Waals surface area contributed by atoms with Crippen LogP contribution in [-0.4, -0.2) is 15.9 Å². The van der Waals surface area contributed by atoms with E-state index in [0.29, 0.717) is 12.0 Å². The zero-order valence-corrected chi connectivity index (χ0v) is 13.1. The lowest BCUT2D eigenvalue weighted by Crippen LogP contribution is -2.10.